The summed E-state index contributed by atoms with van der Waals surface area (Å²) in [6.45, 7) is 8.61. The molecule has 2 aliphatic rings. The number of hydrogen-bond acceptors (Lipinski definition) is 6. The Morgan fingerprint density at radius 2 is 2.04 bits per heavy atom. The van der Waals surface area contributed by atoms with Crippen LogP contribution in [0.25, 0.3) is 0 Å². The van der Waals surface area contributed by atoms with Crippen LogP contribution < -0.4 is 0 Å². The number of likely N-dealkylation sites (tertiary alicyclic amines) is 1. The Bertz CT molecular complexity index is 597. The lowest BCUT2D eigenvalue weighted by Gasteiger charge is -2.26. The molecule has 0 aliphatic carbocycles. The number of aryl methyl sites for hydroxylation is 1. The van der Waals surface area contributed by atoms with E-state index in [-0.39, 0.29) is 18.4 Å². The maximum atomic E-state index is 12.8. The zero-order chi connectivity index (χ0) is 17.8. The molecule has 3 heterocycles. The molecule has 0 bridgehead atoms. The Kier molecular flexibility index (Phi) is 5.98. The summed E-state index contributed by atoms with van der Waals surface area (Å²) in [7, 11) is 2.17. The molecule has 3 rings (SSSR count). The van der Waals surface area contributed by atoms with E-state index in [1.54, 1.807) is 6.20 Å². The summed E-state index contributed by atoms with van der Waals surface area (Å²) in [6.07, 6.45) is 4.23. The van der Waals surface area contributed by atoms with Gasteiger partial charge in [0, 0.05) is 51.4 Å². The molecule has 0 saturated carbocycles. The molecule has 1 aromatic heterocycles. The highest BCUT2D eigenvalue weighted by molar-refractivity contribution is 5.95. The first kappa shape index (κ1) is 18.2. The molecule has 1 N–H and O–H groups in total. The first-order valence-electron chi connectivity index (χ1n) is 9.16. The second-order valence-electron chi connectivity index (χ2n) is 7.39. The molecule has 2 fully saturated rings. The SMILES string of the molecule is Cc1ncncc1C(=O)N1C[C@@H](CN2CCCN(C)CC2)[C@@H](CO)C1. The molecule has 138 valence electrons. The Balaban J connectivity index is 1.64. The molecule has 0 spiro atoms. The monoisotopic (exact) mass is 347 g/mol. The summed E-state index contributed by atoms with van der Waals surface area (Å²) in [5.74, 6) is 0.451. The third kappa shape index (κ3) is 4.34. The lowest BCUT2D eigenvalue weighted by atomic mass is 9.96. The van der Waals surface area contributed by atoms with Crippen LogP contribution in [-0.4, -0.2) is 95.1 Å². The van der Waals surface area contributed by atoms with Crippen molar-refractivity contribution in [2.75, 3.05) is 59.5 Å². The van der Waals surface area contributed by atoms with Crippen LogP contribution in [0.1, 0.15) is 22.5 Å². The van der Waals surface area contributed by atoms with Gasteiger partial charge in [0.1, 0.15) is 6.33 Å². The number of amides is 1. The van der Waals surface area contributed by atoms with Crippen molar-refractivity contribution in [3.05, 3.63) is 23.8 Å². The van der Waals surface area contributed by atoms with Crippen LogP contribution >= 0.6 is 0 Å². The van der Waals surface area contributed by atoms with Crippen molar-refractivity contribution in [2.45, 2.75) is 13.3 Å². The zero-order valence-corrected chi connectivity index (χ0v) is 15.3. The number of aliphatic hydroxyl groups excluding tert-OH is 1. The Hall–Kier alpha value is -1.57. The predicted octanol–water partition coefficient (Wildman–Crippen LogP) is 0.103. The molecule has 7 nitrogen and oxygen atoms in total. The van der Waals surface area contributed by atoms with Gasteiger partial charge in [-0.1, -0.05) is 0 Å². The van der Waals surface area contributed by atoms with Crippen molar-refractivity contribution < 1.29 is 9.90 Å². The van der Waals surface area contributed by atoms with Gasteiger partial charge in [0.25, 0.3) is 5.91 Å². The third-order valence-corrected chi connectivity index (χ3v) is 5.54. The molecule has 0 unspecified atom stereocenters. The van der Waals surface area contributed by atoms with Gasteiger partial charge in [-0.2, -0.15) is 0 Å². The lowest BCUT2D eigenvalue weighted by molar-refractivity contribution is 0.0777. The Morgan fingerprint density at radius 3 is 2.80 bits per heavy atom. The van der Waals surface area contributed by atoms with Gasteiger partial charge in [-0.25, -0.2) is 9.97 Å². The first-order chi connectivity index (χ1) is 12.1. The van der Waals surface area contributed by atoms with Crippen LogP contribution in [0.3, 0.4) is 0 Å². The number of likely N-dealkylation sites (N-methyl/N-ethyl adjacent to an activating group) is 1. The van der Waals surface area contributed by atoms with Gasteiger partial charge in [0.05, 0.1) is 11.3 Å². The average molecular weight is 347 g/mol. The molecule has 0 radical (unpaired) electrons. The second-order valence-corrected chi connectivity index (χ2v) is 7.39. The van der Waals surface area contributed by atoms with E-state index in [4.69, 9.17) is 0 Å². The molecular formula is C18H29N5O2. The predicted molar refractivity (Wildman–Crippen MR) is 95.3 cm³/mol. The summed E-state index contributed by atoms with van der Waals surface area (Å²) >= 11 is 0. The fourth-order valence-electron chi connectivity index (χ4n) is 3.90. The van der Waals surface area contributed by atoms with E-state index in [1.807, 2.05) is 11.8 Å². The van der Waals surface area contributed by atoms with Gasteiger partial charge in [-0.15, -0.1) is 0 Å². The van der Waals surface area contributed by atoms with E-state index in [9.17, 15) is 9.90 Å². The largest absolute Gasteiger partial charge is 0.396 e. The summed E-state index contributed by atoms with van der Waals surface area (Å²) in [6, 6.07) is 0. The van der Waals surface area contributed by atoms with Gasteiger partial charge in [0.15, 0.2) is 0 Å². The summed E-state index contributed by atoms with van der Waals surface area (Å²) in [5.41, 5.74) is 1.27. The van der Waals surface area contributed by atoms with Crippen molar-refractivity contribution in [1.29, 1.82) is 0 Å². The van der Waals surface area contributed by atoms with Crippen molar-refractivity contribution in [3.8, 4) is 0 Å². The van der Waals surface area contributed by atoms with Crippen molar-refractivity contribution >= 4 is 5.91 Å². The smallest absolute Gasteiger partial charge is 0.257 e. The highest BCUT2D eigenvalue weighted by Gasteiger charge is 2.36. The average Bonchev–Trinajstić information content (AvgIpc) is 2.90. The lowest BCUT2D eigenvalue weighted by Crippen LogP contribution is -2.36. The molecule has 2 aliphatic heterocycles. The Labute approximate surface area is 149 Å². The van der Waals surface area contributed by atoms with Crippen LogP contribution in [0.2, 0.25) is 0 Å². The number of carbonyl (C=O) groups excluding carboxylic acids is 1. The number of aromatic nitrogens is 2. The van der Waals surface area contributed by atoms with Crippen molar-refractivity contribution in [3.63, 3.8) is 0 Å². The third-order valence-electron chi connectivity index (χ3n) is 5.54. The van der Waals surface area contributed by atoms with E-state index >= 15 is 0 Å². The molecule has 2 saturated heterocycles. The van der Waals surface area contributed by atoms with E-state index in [2.05, 4.69) is 26.8 Å². The fourth-order valence-corrected chi connectivity index (χ4v) is 3.90. The minimum absolute atomic E-state index is 0.0188. The second kappa shape index (κ2) is 8.21. The normalized spacial score (nSPS) is 26.0. The molecule has 1 amide bonds. The maximum Gasteiger partial charge on any atom is 0.257 e. The fraction of sp³-hybridized carbons (Fsp3) is 0.722. The summed E-state index contributed by atoms with van der Waals surface area (Å²) < 4.78 is 0. The minimum atomic E-state index is -0.0188. The van der Waals surface area contributed by atoms with Gasteiger partial charge in [-0.3, -0.25) is 4.79 Å². The molecule has 7 heteroatoms. The van der Waals surface area contributed by atoms with E-state index in [0.717, 1.165) is 32.7 Å². The Morgan fingerprint density at radius 1 is 1.24 bits per heavy atom. The summed E-state index contributed by atoms with van der Waals surface area (Å²) in [4.78, 5) is 27.6. The molecule has 0 aromatic carbocycles. The van der Waals surface area contributed by atoms with Gasteiger partial charge >= 0.3 is 0 Å². The number of hydrogen-bond donors (Lipinski definition) is 1. The van der Waals surface area contributed by atoms with E-state index < -0.39 is 0 Å². The quantitative estimate of drug-likeness (QED) is 0.833. The van der Waals surface area contributed by atoms with E-state index in [1.165, 1.54) is 12.7 Å². The summed E-state index contributed by atoms with van der Waals surface area (Å²) in [5, 5.41) is 9.80. The number of rotatable bonds is 4. The minimum Gasteiger partial charge on any atom is -0.396 e. The zero-order valence-electron chi connectivity index (χ0n) is 15.3. The van der Waals surface area contributed by atoms with Crippen molar-refractivity contribution in [2.24, 2.45) is 11.8 Å². The standard InChI is InChI=1S/C18H29N5O2/c1-14-17(8-19-13-20-14)18(25)23-10-15(16(11-23)12-24)9-22-5-3-4-21(2)6-7-22/h8,13,15-16,24H,3-7,9-12H2,1-2H3/t15-,16-/m1/s1. The topological polar surface area (TPSA) is 72.8 Å². The molecular weight excluding hydrogens is 318 g/mol. The van der Waals surface area contributed by atoms with Gasteiger partial charge in [-0.05, 0) is 39.4 Å². The van der Waals surface area contributed by atoms with Crippen molar-refractivity contribution in [1.82, 2.24) is 24.7 Å². The van der Waals surface area contributed by atoms with Crippen LogP contribution in [-0.2, 0) is 0 Å². The molecule has 2 atom stereocenters. The number of carbonyl (C=O) groups is 1. The number of nitrogens with zero attached hydrogens (tertiary/aromatic N) is 5. The van der Waals surface area contributed by atoms with Crippen LogP contribution in [0, 0.1) is 18.8 Å². The molecule has 25 heavy (non-hydrogen) atoms. The van der Waals surface area contributed by atoms with Crippen LogP contribution in [0.4, 0.5) is 0 Å². The van der Waals surface area contributed by atoms with Gasteiger partial charge in [0.2, 0.25) is 0 Å². The highest BCUT2D eigenvalue weighted by Crippen LogP contribution is 2.26. The van der Waals surface area contributed by atoms with Crippen LogP contribution in [0.5, 0.6) is 0 Å². The number of aliphatic hydroxyl groups is 1. The van der Waals surface area contributed by atoms with Gasteiger partial charge < -0.3 is 19.8 Å². The first-order valence-corrected chi connectivity index (χ1v) is 9.16. The van der Waals surface area contributed by atoms with E-state index in [0.29, 0.717) is 30.3 Å². The molecule has 1 aromatic rings. The van der Waals surface area contributed by atoms with Crippen LogP contribution in [0.15, 0.2) is 12.5 Å². The highest BCUT2D eigenvalue weighted by atomic mass is 16.3. The maximum absolute atomic E-state index is 12.8.